The molecule has 0 spiro atoms. The molecule has 1 saturated heterocycles. The van der Waals surface area contributed by atoms with Crippen LogP contribution in [-0.2, 0) is 6.42 Å². The second-order valence-electron chi connectivity index (χ2n) is 12.4. The van der Waals surface area contributed by atoms with Crippen molar-refractivity contribution >= 4 is 50.8 Å². The Morgan fingerprint density at radius 1 is 1.09 bits per heavy atom. The van der Waals surface area contributed by atoms with Crippen molar-refractivity contribution in [3.05, 3.63) is 66.5 Å². The summed E-state index contributed by atoms with van der Waals surface area (Å²) < 4.78 is 7.66. The molecule has 2 N–H and O–H groups in total. The second kappa shape index (κ2) is 12.0. The van der Waals surface area contributed by atoms with Gasteiger partial charge in [-0.2, -0.15) is 5.10 Å². The highest BCUT2D eigenvalue weighted by atomic mass is 32.1. The van der Waals surface area contributed by atoms with Gasteiger partial charge in [-0.1, -0.05) is 32.1 Å². The maximum atomic E-state index is 9.82. The highest BCUT2D eigenvalue weighted by Gasteiger charge is 2.32. The number of fused-ring (bicyclic) bond motifs is 2. The minimum atomic E-state index is -0.260. The lowest BCUT2D eigenvalue weighted by atomic mass is 9.86. The van der Waals surface area contributed by atoms with Gasteiger partial charge in [0.2, 0.25) is 5.88 Å². The summed E-state index contributed by atoms with van der Waals surface area (Å²) >= 11 is 5.86. The Hall–Kier alpha value is -4.26. The quantitative estimate of drug-likeness (QED) is 0.197. The summed E-state index contributed by atoms with van der Waals surface area (Å²) in [6, 6.07) is 12.3. The van der Waals surface area contributed by atoms with E-state index >= 15 is 0 Å². The van der Waals surface area contributed by atoms with Crippen molar-refractivity contribution in [3.63, 3.8) is 0 Å². The zero-order valence-corrected chi connectivity index (χ0v) is 26.5. The van der Waals surface area contributed by atoms with Crippen molar-refractivity contribution in [1.29, 1.82) is 0 Å². The van der Waals surface area contributed by atoms with Crippen LogP contribution in [0.15, 0.2) is 55.4 Å². The van der Waals surface area contributed by atoms with Crippen molar-refractivity contribution in [1.82, 2.24) is 34.4 Å². The highest BCUT2D eigenvalue weighted by Crippen LogP contribution is 2.39. The number of aliphatic hydroxyl groups is 1. The van der Waals surface area contributed by atoms with Crippen LogP contribution in [0.4, 0.5) is 17.2 Å². The molecule has 1 aliphatic rings. The van der Waals surface area contributed by atoms with Gasteiger partial charge in [0.1, 0.15) is 30.5 Å². The molecule has 0 atom stereocenters. The molecule has 6 rings (SSSR count). The van der Waals surface area contributed by atoms with Crippen LogP contribution in [0.1, 0.15) is 31.4 Å². The number of nitrogens with zero attached hydrogens (tertiary/aromatic N) is 8. The number of nitrogens with one attached hydrogen (secondary N) is 1. The lowest BCUT2D eigenvalue weighted by Crippen LogP contribution is -2.57. The summed E-state index contributed by atoms with van der Waals surface area (Å²) in [7, 11) is 4.24. The van der Waals surface area contributed by atoms with E-state index in [-0.39, 0.29) is 12.0 Å². The number of hydrogen-bond acceptors (Lipinski definition) is 11. The molecule has 1 fully saturated rings. The Labute approximate surface area is 261 Å². The molecular formula is C32H37N9O2S. The van der Waals surface area contributed by atoms with E-state index in [0.29, 0.717) is 36.2 Å². The molecule has 0 aliphatic carbocycles. The number of aromatic nitrogens is 6. The van der Waals surface area contributed by atoms with E-state index in [2.05, 4.69) is 55.3 Å². The fourth-order valence-electron chi connectivity index (χ4n) is 5.46. The van der Waals surface area contributed by atoms with Gasteiger partial charge in [0.25, 0.3) is 0 Å². The molecule has 0 unspecified atom stereocenters. The Morgan fingerprint density at radius 3 is 2.66 bits per heavy atom. The first-order valence-electron chi connectivity index (χ1n) is 14.6. The molecule has 228 valence electrons. The van der Waals surface area contributed by atoms with Crippen LogP contribution in [0, 0.1) is 12.3 Å². The third kappa shape index (κ3) is 6.19. The number of benzene rings is 2. The van der Waals surface area contributed by atoms with E-state index in [1.165, 1.54) is 6.33 Å². The molecule has 0 radical (unpaired) electrons. The van der Waals surface area contributed by atoms with Gasteiger partial charge in [-0.05, 0) is 73.1 Å². The summed E-state index contributed by atoms with van der Waals surface area (Å²) in [5.74, 6) is 1.87. The van der Waals surface area contributed by atoms with Crippen molar-refractivity contribution in [2.45, 2.75) is 39.7 Å². The smallest absolute Gasteiger partial charge is 0.224 e. The standard InChI is InChI=1S/C32H37N9O2S/c1-20-10-22(7-9-26(20)43-28-12-27-34-18-37-41(27)19-36-28)38-31-29-25(33-17-35-31)8-6-21(11-24(44)13-32(2,3)16-42)30(29)40-14-23(15-40)39(4)5/h6-10,12,17-19,23,42H,11,13-16H2,1-5H3,(H,33,35,38). The molecule has 11 nitrogen and oxygen atoms in total. The second-order valence-corrected chi connectivity index (χ2v) is 13.0. The van der Waals surface area contributed by atoms with E-state index in [1.807, 2.05) is 45.0 Å². The van der Waals surface area contributed by atoms with Gasteiger partial charge in [0, 0.05) is 43.9 Å². The van der Waals surface area contributed by atoms with Crippen LogP contribution in [-0.4, -0.2) is 84.3 Å². The summed E-state index contributed by atoms with van der Waals surface area (Å²) in [4.78, 5) is 23.5. The largest absolute Gasteiger partial charge is 0.439 e. The third-order valence-electron chi connectivity index (χ3n) is 8.06. The van der Waals surface area contributed by atoms with E-state index in [9.17, 15) is 5.11 Å². The predicted molar refractivity (Wildman–Crippen MR) is 176 cm³/mol. The monoisotopic (exact) mass is 611 g/mol. The molecule has 44 heavy (non-hydrogen) atoms. The average molecular weight is 612 g/mol. The lowest BCUT2D eigenvalue weighted by Gasteiger charge is -2.45. The fourth-order valence-corrected chi connectivity index (χ4v) is 6.01. The zero-order valence-electron chi connectivity index (χ0n) is 25.7. The molecule has 5 aromatic rings. The highest BCUT2D eigenvalue weighted by molar-refractivity contribution is 7.80. The number of likely N-dealkylation sites (N-methyl/N-ethyl adjacent to an activating group) is 1. The zero-order chi connectivity index (χ0) is 31.0. The van der Waals surface area contributed by atoms with Crippen LogP contribution in [0.2, 0.25) is 0 Å². The molecule has 0 saturated carbocycles. The first-order chi connectivity index (χ1) is 21.1. The first kappa shape index (κ1) is 29.8. The van der Waals surface area contributed by atoms with Crippen molar-refractivity contribution < 1.29 is 9.84 Å². The third-order valence-corrected chi connectivity index (χ3v) is 8.35. The average Bonchev–Trinajstić information content (AvgIpc) is 3.42. The molecule has 0 amide bonds. The minimum Gasteiger partial charge on any atom is -0.439 e. The van der Waals surface area contributed by atoms with Gasteiger partial charge in [-0.3, -0.25) is 0 Å². The SMILES string of the molecule is Cc1cc(Nc2ncnc3ccc(CC(=S)CC(C)(C)CO)c(N4CC(N(C)C)C4)c23)ccc1Oc1cc2ncnn2cn1. The predicted octanol–water partition coefficient (Wildman–Crippen LogP) is 4.98. The minimum absolute atomic E-state index is 0.0905. The molecule has 3 aromatic heterocycles. The molecule has 12 heteroatoms. The van der Waals surface area contributed by atoms with Crippen molar-refractivity contribution in [3.8, 4) is 11.6 Å². The molecular weight excluding hydrogens is 574 g/mol. The maximum Gasteiger partial charge on any atom is 0.224 e. The van der Waals surface area contributed by atoms with Gasteiger partial charge in [0.05, 0.1) is 16.6 Å². The van der Waals surface area contributed by atoms with Crippen LogP contribution >= 0.6 is 12.2 Å². The maximum absolute atomic E-state index is 9.82. The van der Waals surface area contributed by atoms with Crippen LogP contribution < -0.4 is 15.0 Å². The van der Waals surface area contributed by atoms with Gasteiger partial charge in [0.15, 0.2) is 5.65 Å². The number of thiocarbonyl (C=S) groups is 1. The number of hydrogen-bond donors (Lipinski definition) is 2. The molecule has 2 aromatic carbocycles. The summed E-state index contributed by atoms with van der Waals surface area (Å²) in [5, 5.41) is 18.4. The number of rotatable bonds is 11. The molecule has 4 heterocycles. The van der Waals surface area contributed by atoms with Crippen molar-refractivity contribution in [2.75, 3.05) is 44.0 Å². The Balaban J connectivity index is 1.32. The van der Waals surface area contributed by atoms with Crippen LogP contribution in [0.25, 0.3) is 16.6 Å². The Bertz CT molecular complexity index is 1830. The Morgan fingerprint density at radius 2 is 1.91 bits per heavy atom. The van der Waals surface area contributed by atoms with E-state index in [0.717, 1.165) is 57.2 Å². The van der Waals surface area contributed by atoms with Crippen LogP contribution in [0.5, 0.6) is 11.6 Å². The van der Waals surface area contributed by atoms with E-state index < -0.39 is 0 Å². The van der Waals surface area contributed by atoms with E-state index in [4.69, 9.17) is 21.9 Å². The van der Waals surface area contributed by atoms with E-state index in [1.54, 1.807) is 23.2 Å². The van der Waals surface area contributed by atoms with Crippen molar-refractivity contribution in [2.24, 2.45) is 5.41 Å². The number of ether oxygens (including phenoxy) is 1. The molecule has 1 aliphatic heterocycles. The topological polar surface area (TPSA) is 117 Å². The summed E-state index contributed by atoms with van der Waals surface area (Å²) in [6.45, 7) is 7.97. The van der Waals surface area contributed by atoms with Gasteiger partial charge < -0.3 is 25.0 Å². The summed E-state index contributed by atoms with van der Waals surface area (Å²) in [5.41, 5.74) is 5.33. The number of aryl methyl sites for hydroxylation is 1. The lowest BCUT2D eigenvalue weighted by molar-refractivity contribution is 0.166. The summed E-state index contributed by atoms with van der Waals surface area (Å²) in [6.07, 6.45) is 5.96. The van der Waals surface area contributed by atoms with Crippen LogP contribution in [0.3, 0.4) is 0 Å². The normalized spacial score (nSPS) is 13.9. The van der Waals surface area contributed by atoms with Gasteiger partial charge in [-0.15, -0.1) is 0 Å². The molecule has 0 bridgehead atoms. The first-order valence-corrected chi connectivity index (χ1v) is 15.0. The number of aliphatic hydroxyl groups excluding tert-OH is 1. The van der Waals surface area contributed by atoms with Gasteiger partial charge >= 0.3 is 0 Å². The fraction of sp³-hybridized carbons (Fsp3) is 0.375. The Kier molecular flexibility index (Phi) is 8.14. The number of anilines is 3. The van der Waals surface area contributed by atoms with Gasteiger partial charge in [-0.25, -0.2) is 24.5 Å².